The van der Waals surface area contributed by atoms with Crippen molar-refractivity contribution in [2.75, 3.05) is 20.7 Å². The van der Waals surface area contributed by atoms with Crippen LogP contribution in [0.2, 0.25) is 0 Å². The molecule has 4 rings (SSSR count). The van der Waals surface area contributed by atoms with E-state index in [1.54, 1.807) is 25.0 Å². The molecule has 12 heteroatoms. The van der Waals surface area contributed by atoms with Crippen LogP contribution >= 0.6 is 0 Å². The Bertz CT molecular complexity index is 1280. The number of aryl methyl sites for hydroxylation is 1. The molecule has 2 amide bonds. The third-order valence-corrected chi connectivity index (χ3v) is 8.06. The third kappa shape index (κ3) is 6.63. The zero-order valence-electron chi connectivity index (χ0n) is 22.9. The highest BCUT2D eigenvalue weighted by Gasteiger charge is 2.47. The van der Waals surface area contributed by atoms with E-state index in [1.165, 1.54) is 19.2 Å². The first-order valence-corrected chi connectivity index (χ1v) is 13.1. The van der Waals surface area contributed by atoms with Crippen molar-refractivity contribution in [1.82, 2.24) is 15.1 Å². The van der Waals surface area contributed by atoms with Crippen molar-refractivity contribution in [2.45, 2.75) is 69.1 Å². The van der Waals surface area contributed by atoms with Gasteiger partial charge in [0.2, 0.25) is 0 Å². The molecule has 0 aromatic heterocycles. The molecule has 2 saturated heterocycles. The van der Waals surface area contributed by atoms with E-state index in [2.05, 4.69) is 11.9 Å². The van der Waals surface area contributed by atoms with E-state index in [0.29, 0.717) is 41.9 Å². The molecule has 0 bridgehead atoms. The number of methoxy groups -OCH3 is 1. The van der Waals surface area contributed by atoms with Crippen molar-refractivity contribution in [3.63, 3.8) is 0 Å². The summed E-state index contributed by atoms with van der Waals surface area (Å²) in [6, 6.07) is 4.42. The van der Waals surface area contributed by atoms with Gasteiger partial charge in [0.1, 0.15) is 11.6 Å². The Morgan fingerprint density at radius 1 is 1.10 bits per heavy atom. The van der Waals surface area contributed by atoms with E-state index in [4.69, 9.17) is 4.74 Å². The van der Waals surface area contributed by atoms with Gasteiger partial charge in [-0.1, -0.05) is 12.6 Å². The monoisotopic (exact) mass is 587 g/mol. The smallest absolute Gasteiger partial charge is 0.416 e. The predicted octanol–water partition coefficient (Wildman–Crippen LogP) is 7.21. The lowest BCUT2D eigenvalue weighted by Gasteiger charge is -2.47. The Morgan fingerprint density at radius 3 is 2.29 bits per heavy atom. The average molecular weight is 588 g/mol. The molecule has 2 aliphatic heterocycles. The van der Waals surface area contributed by atoms with E-state index in [9.17, 15) is 35.5 Å². The van der Waals surface area contributed by atoms with Crippen LogP contribution in [0.25, 0.3) is 0 Å². The van der Waals surface area contributed by atoms with Gasteiger partial charge in [-0.2, -0.15) is 26.3 Å². The van der Waals surface area contributed by atoms with Gasteiger partial charge in [-0.3, -0.25) is 0 Å². The van der Waals surface area contributed by atoms with E-state index in [-0.39, 0.29) is 29.8 Å². The first kappa shape index (κ1) is 30.7. The molecule has 0 saturated carbocycles. The molecule has 1 N–H and O–H groups in total. The second kappa shape index (κ2) is 11.2. The lowest BCUT2D eigenvalue weighted by molar-refractivity contribution is -0.143. The van der Waals surface area contributed by atoms with Crippen molar-refractivity contribution < 1.29 is 40.3 Å². The van der Waals surface area contributed by atoms with Crippen LogP contribution in [-0.4, -0.2) is 48.1 Å². The maximum atomic E-state index is 14.0. The largest absolute Gasteiger partial charge is 0.500 e. The van der Waals surface area contributed by atoms with E-state index < -0.39 is 47.9 Å². The van der Waals surface area contributed by atoms with Crippen LogP contribution in [0.1, 0.15) is 59.5 Å². The standard InChI is InChI=1S/C29H32F7N3O2/c1-17-11-22(30)5-6-23(17)25-15-27(8-7-24(37-27)18(2)41-4)9-10-39(25)26(40)38(3)16-19-12-20(28(31,32)33)14-21(13-19)29(34,35)36/h5-6,11-14,24-25,37H,2,7-10,15-16H2,1,3-4H3/t24-,25+,27-/m0/s1. The lowest BCUT2D eigenvalue weighted by atomic mass is 9.79. The second-order valence-electron chi connectivity index (χ2n) is 10.9. The van der Waals surface area contributed by atoms with Crippen LogP contribution in [0.3, 0.4) is 0 Å². The number of likely N-dealkylation sites (tertiary alicyclic amines) is 1. The highest BCUT2D eigenvalue weighted by molar-refractivity contribution is 5.75. The zero-order valence-corrected chi connectivity index (χ0v) is 22.9. The maximum Gasteiger partial charge on any atom is 0.416 e. The highest BCUT2D eigenvalue weighted by Crippen LogP contribution is 2.44. The Hall–Kier alpha value is -3.28. The van der Waals surface area contributed by atoms with Crippen LogP contribution < -0.4 is 5.32 Å². The van der Waals surface area contributed by atoms with Crippen molar-refractivity contribution in [1.29, 1.82) is 0 Å². The van der Waals surface area contributed by atoms with Crippen molar-refractivity contribution in [3.05, 3.63) is 82.4 Å². The second-order valence-corrected chi connectivity index (χ2v) is 10.9. The summed E-state index contributed by atoms with van der Waals surface area (Å²) in [6.07, 6.45) is -7.42. The molecule has 2 heterocycles. The zero-order chi connectivity index (χ0) is 30.3. The van der Waals surface area contributed by atoms with Crippen molar-refractivity contribution in [3.8, 4) is 0 Å². The molecular formula is C29H32F7N3O2. The number of rotatable bonds is 5. The first-order chi connectivity index (χ1) is 19.0. The van der Waals surface area contributed by atoms with Gasteiger partial charge in [0.15, 0.2) is 0 Å². The van der Waals surface area contributed by atoms with Crippen LogP contribution in [0, 0.1) is 12.7 Å². The summed E-state index contributed by atoms with van der Waals surface area (Å²) >= 11 is 0. The molecule has 224 valence electrons. The third-order valence-electron chi connectivity index (χ3n) is 8.06. The average Bonchev–Trinajstić information content (AvgIpc) is 3.29. The topological polar surface area (TPSA) is 44.8 Å². The molecule has 3 atom stereocenters. The van der Waals surface area contributed by atoms with Crippen LogP contribution in [0.4, 0.5) is 35.5 Å². The summed E-state index contributed by atoms with van der Waals surface area (Å²) < 4.78 is 99.5. The first-order valence-electron chi connectivity index (χ1n) is 13.1. The number of hydrogen-bond acceptors (Lipinski definition) is 3. The predicted molar refractivity (Wildman–Crippen MR) is 138 cm³/mol. The molecule has 2 aromatic rings. The SMILES string of the molecule is C=C(OC)[C@@H]1CC[C@@]2(CCN(C(=O)N(C)Cc3cc(C(F)(F)F)cc(C(F)(F)F)c3)[C@@H](c3ccc(F)cc3C)C2)N1. The fraction of sp³-hybridized carbons (Fsp3) is 0.483. The molecule has 2 aliphatic rings. The number of hydrogen-bond donors (Lipinski definition) is 1. The van der Waals surface area contributed by atoms with Gasteiger partial charge in [-0.05, 0) is 79.6 Å². The summed E-state index contributed by atoms with van der Waals surface area (Å²) in [5.74, 6) is 0.154. The molecule has 1 spiro atoms. The number of carbonyl (C=O) groups is 1. The maximum absolute atomic E-state index is 14.0. The highest BCUT2D eigenvalue weighted by atomic mass is 19.4. The minimum atomic E-state index is -4.99. The summed E-state index contributed by atoms with van der Waals surface area (Å²) in [5, 5.41) is 3.59. The molecule has 0 aliphatic carbocycles. The van der Waals surface area contributed by atoms with Gasteiger partial charge in [0, 0.05) is 25.7 Å². The number of piperidine rings is 1. The van der Waals surface area contributed by atoms with Crippen LogP contribution in [0.5, 0.6) is 0 Å². The van der Waals surface area contributed by atoms with Gasteiger partial charge in [0.05, 0.1) is 30.3 Å². The summed E-state index contributed by atoms with van der Waals surface area (Å²) in [6.45, 7) is 5.46. The molecule has 0 unspecified atom stereocenters. The number of benzene rings is 2. The van der Waals surface area contributed by atoms with E-state index >= 15 is 0 Å². The minimum absolute atomic E-state index is 0.0584. The number of carbonyl (C=O) groups excluding carboxylic acids is 1. The number of halogens is 7. The molecular weight excluding hydrogens is 555 g/mol. The molecule has 41 heavy (non-hydrogen) atoms. The normalized spacial score (nSPS) is 23.1. The summed E-state index contributed by atoms with van der Waals surface area (Å²) in [7, 11) is 2.88. The fourth-order valence-electron chi connectivity index (χ4n) is 5.94. The Balaban J connectivity index is 1.63. The number of amides is 2. The Kier molecular flexibility index (Phi) is 8.37. The van der Waals surface area contributed by atoms with Crippen LogP contribution in [-0.2, 0) is 23.6 Å². The minimum Gasteiger partial charge on any atom is -0.500 e. The lowest BCUT2D eigenvalue weighted by Crippen LogP contribution is -2.56. The van der Waals surface area contributed by atoms with Gasteiger partial charge >= 0.3 is 18.4 Å². The quantitative estimate of drug-likeness (QED) is 0.297. The summed E-state index contributed by atoms with van der Waals surface area (Å²) in [4.78, 5) is 16.4. The van der Waals surface area contributed by atoms with Crippen molar-refractivity contribution in [2.24, 2.45) is 0 Å². The number of ether oxygens (including phenoxy) is 1. The fourth-order valence-corrected chi connectivity index (χ4v) is 5.94. The van der Waals surface area contributed by atoms with Gasteiger partial charge in [-0.25, -0.2) is 9.18 Å². The van der Waals surface area contributed by atoms with Gasteiger partial charge in [-0.15, -0.1) is 0 Å². The number of nitrogens with one attached hydrogen (secondary N) is 1. The number of urea groups is 1. The number of nitrogens with zero attached hydrogens (tertiary/aromatic N) is 2. The Labute approximate surface area is 233 Å². The molecule has 2 aromatic carbocycles. The molecule has 0 radical (unpaired) electrons. The summed E-state index contributed by atoms with van der Waals surface area (Å²) in [5.41, 5.74) is -2.22. The van der Waals surface area contributed by atoms with Crippen LogP contribution in [0.15, 0.2) is 48.7 Å². The van der Waals surface area contributed by atoms with Gasteiger partial charge in [0.25, 0.3) is 0 Å². The molecule has 2 fully saturated rings. The van der Waals surface area contributed by atoms with Gasteiger partial charge < -0.3 is 19.9 Å². The number of alkyl halides is 6. The van der Waals surface area contributed by atoms with E-state index in [1.807, 2.05) is 0 Å². The van der Waals surface area contributed by atoms with E-state index in [0.717, 1.165) is 17.7 Å². The molecule has 5 nitrogen and oxygen atoms in total. The van der Waals surface area contributed by atoms with Crippen molar-refractivity contribution >= 4 is 6.03 Å². The Morgan fingerprint density at radius 2 is 1.73 bits per heavy atom.